The van der Waals surface area contributed by atoms with Crippen LogP contribution in [0.4, 0.5) is 5.69 Å². The number of ether oxygens (including phenoxy) is 1. The van der Waals surface area contributed by atoms with Crippen LogP contribution in [0.15, 0.2) is 42.5 Å². The zero-order chi connectivity index (χ0) is 20.5. The standard InChI is InChI=1S/C21H24N4O3/c1-15-7-8-19(28-3)18(9-15)24-20(26)12-23-21(27)14-25(2)13-17-6-4-5-16(10-17)11-22/h4-10H,12-14H2,1-3H3,(H,23,27)(H,24,26). The second-order valence-corrected chi connectivity index (χ2v) is 6.51. The number of anilines is 1. The number of hydrogen-bond acceptors (Lipinski definition) is 5. The molecule has 2 N–H and O–H groups in total. The molecule has 2 aromatic carbocycles. The van der Waals surface area contributed by atoms with Crippen molar-refractivity contribution < 1.29 is 14.3 Å². The molecule has 0 atom stereocenters. The van der Waals surface area contributed by atoms with E-state index < -0.39 is 0 Å². The average molecular weight is 380 g/mol. The van der Waals surface area contributed by atoms with E-state index in [1.54, 1.807) is 25.2 Å². The minimum Gasteiger partial charge on any atom is -0.495 e. The van der Waals surface area contributed by atoms with Crippen molar-refractivity contribution in [3.8, 4) is 11.8 Å². The van der Waals surface area contributed by atoms with Crippen LogP contribution in [0.1, 0.15) is 16.7 Å². The second-order valence-electron chi connectivity index (χ2n) is 6.51. The number of likely N-dealkylation sites (N-methyl/N-ethyl adjacent to an activating group) is 1. The highest BCUT2D eigenvalue weighted by molar-refractivity contribution is 5.96. The molecule has 0 saturated heterocycles. The number of nitriles is 1. The van der Waals surface area contributed by atoms with E-state index in [0.29, 0.717) is 23.5 Å². The lowest BCUT2D eigenvalue weighted by Gasteiger charge is -2.16. The number of methoxy groups -OCH3 is 1. The van der Waals surface area contributed by atoms with Crippen LogP contribution in [0.25, 0.3) is 0 Å². The van der Waals surface area contributed by atoms with Gasteiger partial charge in [-0.2, -0.15) is 5.26 Å². The number of aryl methyl sites for hydroxylation is 1. The Morgan fingerprint density at radius 2 is 1.96 bits per heavy atom. The van der Waals surface area contributed by atoms with Gasteiger partial charge in [0.05, 0.1) is 37.5 Å². The van der Waals surface area contributed by atoms with E-state index in [-0.39, 0.29) is 24.9 Å². The molecule has 2 aromatic rings. The highest BCUT2D eigenvalue weighted by atomic mass is 16.5. The lowest BCUT2D eigenvalue weighted by Crippen LogP contribution is -2.39. The van der Waals surface area contributed by atoms with Crippen LogP contribution in [0.3, 0.4) is 0 Å². The fraction of sp³-hybridized carbons (Fsp3) is 0.286. The van der Waals surface area contributed by atoms with Gasteiger partial charge in [0.2, 0.25) is 11.8 Å². The highest BCUT2D eigenvalue weighted by Crippen LogP contribution is 2.24. The van der Waals surface area contributed by atoms with Crippen molar-refractivity contribution in [1.29, 1.82) is 5.26 Å². The molecule has 0 heterocycles. The lowest BCUT2D eigenvalue weighted by atomic mass is 10.1. The van der Waals surface area contributed by atoms with Gasteiger partial charge in [-0.05, 0) is 49.4 Å². The molecule has 0 unspecified atom stereocenters. The van der Waals surface area contributed by atoms with E-state index in [9.17, 15) is 9.59 Å². The van der Waals surface area contributed by atoms with Crippen LogP contribution >= 0.6 is 0 Å². The van der Waals surface area contributed by atoms with E-state index in [4.69, 9.17) is 10.00 Å². The summed E-state index contributed by atoms with van der Waals surface area (Å²) in [5.74, 6) is -0.0310. The van der Waals surface area contributed by atoms with Gasteiger partial charge in [0.25, 0.3) is 0 Å². The minimum absolute atomic E-state index is 0.131. The Hall–Kier alpha value is -3.37. The summed E-state index contributed by atoms with van der Waals surface area (Å²) in [5.41, 5.74) is 3.08. The molecule has 2 rings (SSSR count). The number of amides is 2. The van der Waals surface area contributed by atoms with Crippen molar-refractivity contribution in [1.82, 2.24) is 10.2 Å². The number of benzene rings is 2. The minimum atomic E-state index is -0.332. The van der Waals surface area contributed by atoms with Gasteiger partial charge in [-0.1, -0.05) is 18.2 Å². The Morgan fingerprint density at radius 3 is 2.68 bits per heavy atom. The molecule has 0 fully saturated rings. The lowest BCUT2D eigenvalue weighted by molar-refractivity contribution is -0.124. The van der Waals surface area contributed by atoms with Crippen LogP contribution in [0.2, 0.25) is 0 Å². The maximum Gasteiger partial charge on any atom is 0.243 e. The van der Waals surface area contributed by atoms with Gasteiger partial charge in [0.1, 0.15) is 5.75 Å². The first-order chi connectivity index (χ1) is 13.4. The van der Waals surface area contributed by atoms with E-state index in [0.717, 1.165) is 11.1 Å². The molecule has 0 saturated carbocycles. The van der Waals surface area contributed by atoms with Crippen molar-refractivity contribution in [3.05, 3.63) is 59.2 Å². The third-order valence-corrected chi connectivity index (χ3v) is 4.00. The third kappa shape index (κ3) is 6.41. The first-order valence-corrected chi connectivity index (χ1v) is 8.80. The molecule has 7 heteroatoms. The van der Waals surface area contributed by atoms with E-state index in [1.165, 1.54) is 7.11 Å². The highest BCUT2D eigenvalue weighted by Gasteiger charge is 2.11. The summed E-state index contributed by atoms with van der Waals surface area (Å²) in [6, 6.07) is 14.8. The molecule has 0 aliphatic carbocycles. The van der Waals surface area contributed by atoms with Crippen LogP contribution in [0.5, 0.6) is 5.75 Å². The van der Waals surface area contributed by atoms with Crippen molar-refractivity contribution in [3.63, 3.8) is 0 Å². The van der Waals surface area contributed by atoms with Gasteiger partial charge >= 0.3 is 0 Å². The van der Waals surface area contributed by atoms with Gasteiger partial charge in [-0.15, -0.1) is 0 Å². The third-order valence-electron chi connectivity index (χ3n) is 4.00. The zero-order valence-corrected chi connectivity index (χ0v) is 16.3. The van der Waals surface area contributed by atoms with Crippen molar-refractivity contribution in [2.45, 2.75) is 13.5 Å². The van der Waals surface area contributed by atoms with Gasteiger partial charge in [-0.25, -0.2) is 0 Å². The molecule has 7 nitrogen and oxygen atoms in total. The fourth-order valence-electron chi connectivity index (χ4n) is 2.70. The quantitative estimate of drug-likeness (QED) is 0.731. The van der Waals surface area contributed by atoms with Crippen LogP contribution in [0, 0.1) is 18.3 Å². The number of nitrogens with zero attached hydrogens (tertiary/aromatic N) is 2. The summed E-state index contributed by atoms with van der Waals surface area (Å²) < 4.78 is 5.22. The number of hydrogen-bond donors (Lipinski definition) is 2. The molecule has 0 aliphatic heterocycles. The summed E-state index contributed by atoms with van der Waals surface area (Å²) in [7, 11) is 3.33. The summed E-state index contributed by atoms with van der Waals surface area (Å²) in [5, 5.41) is 14.3. The molecule has 2 amide bonds. The van der Waals surface area contributed by atoms with E-state index in [2.05, 4.69) is 16.7 Å². The maximum atomic E-state index is 12.1. The number of carbonyl (C=O) groups is 2. The molecular weight excluding hydrogens is 356 g/mol. The fourth-order valence-corrected chi connectivity index (χ4v) is 2.70. The summed E-state index contributed by atoms with van der Waals surface area (Å²) in [6.45, 7) is 2.44. The monoisotopic (exact) mass is 380 g/mol. The van der Waals surface area contributed by atoms with Gasteiger partial charge < -0.3 is 15.4 Å². The first-order valence-electron chi connectivity index (χ1n) is 8.80. The molecule has 0 aliphatic rings. The maximum absolute atomic E-state index is 12.1. The Kier molecular flexibility index (Phi) is 7.55. The van der Waals surface area contributed by atoms with E-state index in [1.807, 2.05) is 36.1 Å². The molecular formula is C21H24N4O3. The molecule has 0 radical (unpaired) electrons. The molecule has 0 aromatic heterocycles. The summed E-state index contributed by atoms with van der Waals surface area (Å²) >= 11 is 0. The topological polar surface area (TPSA) is 94.5 Å². The molecule has 0 bridgehead atoms. The number of rotatable bonds is 8. The summed E-state index contributed by atoms with van der Waals surface area (Å²) in [6.07, 6.45) is 0. The SMILES string of the molecule is COc1ccc(C)cc1NC(=O)CNC(=O)CN(C)Cc1cccc(C#N)c1. The Morgan fingerprint density at radius 1 is 1.18 bits per heavy atom. The van der Waals surface area contributed by atoms with Crippen LogP contribution < -0.4 is 15.4 Å². The number of carbonyl (C=O) groups excluding carboxylic acids is 2. The van der Waals surface area contributed by atoms with Crippen LogP contribution in [-0.4, -0.2) is 44.0 Å². The molecule has 28 heavy (non-hydrogen) atoms. The normalized spacial score (nSPS) is 10.2. The van der Waals surface area contributed by atoms with Gasteiger partial charge in [0.15, 0.2) is 0 Å². The molecule has 0 spiro atoms. The Bertz CT molecular complexity index is 889. The Balaban J connectivity index is 1.80. The first kappa shape index (κ1) is 20.9. The molecule has 146 valence electrons. The van der Waals surface area contributed by atoms with Crippen molar-refractivity contribution in [2.75, 3.05) is 32.6 Å². The van der Waals surface area contributed by atoms with Gasteiger partial charge in [-0.3, -0.25) is 14.5 Å². The van der Waals surface area contributed by atoms with Crippen LogP contribution in [-0.2, 0) is 16.1 Å². The number of nitrogens with one attached hydrogen (secondary N) is 2. The summed E-state index contributed by atoms with van der Waals surface area (Å²) in [4.78, 5) is 26.0. The Labute approximate surface area is 164 Å². The van der Waals surface area contributed by atoms with Crippen molar-refractivity contribution >= 4 is 17.5 Å². The van der Waals surface area contributed by atoms with Crippen molar-refractivity contribution in [2.24, 2.45) is 0 Å². The average Bonchev–Trinajstić information content (AvgIpc) is 2.66. The van der Waals surface area contributed by atoms with E-state index >= 15 is 0 Å². The predicted molar refractivity (Wildman–Crippen MR) is 107 cm³/mol. The zero-order valence-electron chi connectivity index (χ0n) is 16.3. The van der Waals surface area contributed by atoms with Gasteiger partial charge in [0, 0.05) is 6.54 Å². The largest absolute Gasteiger partial charge is 0.495 e. The second kappa shape index (κ2) is 10.1. The smallest absolute Gasteiger partial charge is 0.243 e. The predicted octanol–water partition coefficient (Wildman–Crippen LogP) is 2.06.